The number of carbonyl (C=O) groups is 1. The minimum absolute atomic E-state index is 0.0214. The Balaban J connectivity index is 2.02. The molecule has 1 aliphatic heterocycles. The molecule has 0 bridgehead atoms. The van der Waals surface area contributed by atoms with Gasteiger partial charge in [0.05, 0.1) is 11.6 Å². The second-order valence-corrected chi connectivity index (χ2v) is 5.14. The Kier molecular flexibility index (Phi) is 3.53. The summed E-state index contributed by atoms with van der Waals surface area (Å²) < 4.78 is 0.908. The molecule has 0 saturated carbocycles. The lowest BCUT2D eigenvalue weighted by Crippen LogP contribution is -2.32. The van der Waals surface area contributed by atoms with Gasteiger partial charge in [0.15, 0.2) is 0 Å². The summed E-state index contributed by atoms with van der Waals surface area (Å²) in [5.41, 5.74) is 0.819. The van der Waals surface area contributed by atoms with Gasteiger partial charge in [0.1, 0.15) is 0 Å². The van der Waals surface area contributed by atoms with Crippen molar-refractivity contribution < 1.29 is 4.79 Å². The maximum Gasteiger partial charge on any atom is 0.322 e. The Morgan fingerprint density at radius 2 is 2.27 bits per heavy atom. The largest absolute Gasteiger partial charge is 0.322 e. The van der Waals surface area contributed by atoms with Crippen molar-refractivity contribution in [2.75, 3.05) is 23.5 Å². The third kappa shape index (κ3) is 2.66. The zero-order chi connectivity index (χ0) is 10.7. The number of thioether (sulfide) groups is 1. The van der Waals surface area contributed by atoms with E-state index in [1.54, 1.807) is 11.8 Å². The van der Waals surface area contributed by atoms with E-state index in [9.17, 15) is 4.79 Å². The summed E-state index contributed by atoms with van der Waals surface area (Å²) in [6, 6.07) is 7.59. The fourth-order valence-electron chi connectivity index (χ4n) is 1.33. The van der Waals surface area contributed by atoms with Crippen LogP contribution >= 0.6 is 27.7 Å². The van der Waals surface area contributed by atoms with Gasteiger partial charge in [0, 0.05) is 16.8 Å². The number of para-hydroxylation sites is 1. The van der Waals surface area contributed by atoms with E-state index in [2.05, 4.69) is 21.2 Å². The Labute approximate surface area is 101 Å². The van der Waals surface area contributed by atoms with Gasteiger partial charge < -0.3 is 10.2 Å². The summed E-state index contributed by atoms with van der Waals surface area (Å²) in [7, 11) is 0. The summed E-state index contributed by atoms with van der Waals surface area (Å²) in [6.45, 7) is 0.834. The standard InChI is InChI=1S/C10H11BrN2OS/c11-8-3-1-2-4-9(8)12-10(14)13-5-6-15-7-13/h1-4H,5-7H2,(H,12,14). The summed E-state index contributed by atoms with van der Waals surface area (Å²) in [4.78, 5) is 13.6. The quantitative estimate of drug-likeness (QED) is 0.861. The first-order chi connectivity index (χ1) is 7.27. The second-order valence-electron chi connectivity index (χ2n) is 3.21. The number of nitrogens with zero attached hydrogens (tertiary/aromatic N) is 1. The molecule has 1 N–H and O–H groups in total. The SMILES string of the molecule is O=C(Nc1ccccc1Br)N1CCSC1. The average molecular weight is 287 g/mol. The second kappa shape index (κ2) is 4.90. The predicted molar refractivity (Wildman–Crippen MR) is 67.2 cm³/mol. The number of halogens is 1. The van der Waals surface area contributed by atoms with Gasteiger partial charge in [0.25, 0.3) is 0 Å². The number of anilines is 1. The third-order valence-electron chi connectivity index (χ3n) is 2.16. The summed E-state index contributed by atoms with van der Waals surface area (Å²) >= 11 is 5.17. The first-order valence-electron chi connectivity index (χ1n) is 4.65. The first-order valence-corrected chi connectivity index (χ1v) is 6.60. The molecule has 1 aromatic carbocycles. The van der Waals surface area contributed by atoms with Crippen LogP contribution in [0.4, 0.5) is 10.5 Å². The molecule has 1 heterocycles. The number of hydrogen-bond donors (Lipinski definition) is 1. The molecule has 15 heavy (non-hydrogen) atoms. The highest BCUT2D eigenvalue weighted by Crippen LogP contribution is 2.22. The fraction of sp³-hybridized carbons (Fsp3) is 0.300. The fourth-order valence-corrected chi connectivity index (χ4v) is 2.66. The van der Waals surface area contributed by atoms with Crippen LogP contribution in [-0.4, -0.2) is 29.1 Å². The lowest BCUT2D eigenvalue weighted by Gasteiger charge is -2.15. The van der Waals surface area contributed by atoms with Crippen molar-refractivity contribution in [3.8, 4) is 0 Å². The van der Waals surface area contributed by atoms with Crippen LogP contribution in [-0.2, 0) is 0 Å². The maximum absolute atomic E-state index is 11.7. The van der Waals surface area contributed by atoms with Crippen molar-refractivity contribution in [2.45, 2.75) is 0 Å². The van der Waals surface area contributed by atoms with Gasteiger partial charge in [-0.3, -0.25) is 0 Å². The van der Waals surface area contributed by atoms with Gasteiger partial charge in [-0.2, -0.15) is 0 Å². The normalized spacial score (nSPS) is 15.4. The van der Waals surface area contributed by atoms with Crippen LogP contribution in [0.25, 0.3) is 0 Å². The lowest BCUT2D eigenvalue weighted by atomic mass is 10.3. The van der Waals surface area contributed by atoms with Gasteiger partial charge in [-0.25, -0.2) is 4.79 Å². The van der Waals surface area contributed by atoms with Gasteiger partial charge >= 0.3 is 6.03 Å². The molecule has 0 atom stereocenters. The van der Waals surface area contributed by atoms with E-state index in [0.29, 0.717) is 0 Å². The molecule has 2 amide bonds. The molecule has 80 valence electrons. The number of hydrogen-bond acceptors (Lipinski definition) is 2. The van der Waals surface area contributed by atoms with E-state index in [-0.39, 0.29) is 6.03 Å². The lowest BCUT2D eigenvalue weighted by molar-refractivity contribution is 0.225. The molecule has 0 unspecified atom stereocenters. The zero-order valence-electron chi connectivity index (χ0n) is 8.07. The molecule has 1 aliphatic rings. The van der Waals surface area contributed by atoms with Crippen molar-refractivity contribution in [1.29, 1.82) is 0 Å². The van der Waals surface area contributed by atoms with Crippen LogP contribution in [0.15, 0.2) is 28.7 Å². The van der Waals surface area contributed by atoms with Crippen molar-refractivity contribution in [2.24, 2.45) is 0 Å². The molecule has 3 nitrogen and oxygen atoms in total. The zero-order valence-corrected chi connectivity index (χ0v) is 10.5. The molecule has 1 saturated heterocycles. The molecule has 1 aromatic rings. The van der Waals surface area contributed by atoms with Crippen LogP contribution in [0.2, 0.25) is 0 Å². The van der Waals surface area contributed by atoms with E-state index >= 15 is 0 Å². The number of amides is 2. The van der Waals surface area contributed by atoms with Crippen LogP contribution in [0.1, 0.15) is 0 Å². The van der Waals surface area contributed by atoms with Crippen molar-refractivity contribution in [1.82, 2.24) is 4.90 Å². The van der Waals surface area contributed by atoms with E-state index in [0.717, 1.165) is 28.3 Å². The minimum atomic E-state index is -0.0214. The van der Waals surface area contributed by atoms with Crippen LogP contribution < -0.4 is 5.32 Å². The number of nitrogens with one attached hydrogen (secondary N) is 1. The number of carbonyl (C=O) groups excluding carboxylic acids is 1. The molecular formula is C10H11BrN2OS. The van der Waals surface area contributed by atoms with Crippen LogP contribution in [0.5, 0.6) is 0 Å². The molecule has 0 radical (unpaired) electrons. The van der Waals surface area contributed by atoms with E-state index in [4.69, 9.17) is 0 Å². The van der Waals surface area contributed by atoms with Gasteiger partial charge in [-0.1, -0.05) is 12.1 Å². The van der Waals surface area contributed by atoms with Crippen molar-refractivity contribution >= 4 is 39.4 Å². The Hall–Kier alpha value is -0.680. The summed E-state index contributed by atoms with van der Waals surface area (Å²) in [5.74, 6) is 1.82. The molecule has 0 aromatic heterocycles. The highest BCUT2D eigenvalue weighted by molar-refractivity contribution is 9.10. The Morgan fingerprint density at radius 1 is 1.47 bits per heavy atom. The van der Waals surface area contributed by atoms with Gasteiger partial charge in [-0.15, -0.1) is 11.8 Å². The Bertz CT molecular complexity index is 366. The average Bonchev–Trinajstić information content (AvgIpc) is 2.74. The summed E-state index contributed by atoms with van der Waals surface area (Å²) in [5, 5.41) is 2.88. The van der Waals surface area contributed by atoms with Crippen LogP contribution in [0, 0.1) is 0 Å². The molecule has 2 rings (SSSR count). The molecule has 1 fully saturated rings. The number of urea groups is 1. The number of rotatable bonds is 1. The summed E-state index contributed by atoms with van der Waals surface area (Å²) in [6.07, 6.45) is 0. The topological polar surface area (TPSA) is 32.3 Å². The maximum atomic E-state index is 11.7. The molecular weight excluding hydrogens is 276 g/mol. The van der Waals surface area contributed by atoms with E-state index in [1.807, 2.05) is 29.2 Å². The smallest absolute Gasteiger partial charge is 0.314 e. The van der Waals surface area contributed by atoms with Crippen molar-refractivity contribution in [3.63, 3.8) is 0 Å². The van der Waals surface area contributed by atoms with Gasteiger partial charge in [0.2, 0.25) is 0 Å². The first kappa shape index (κ1) is 10.8. The Morgan fingerprint density at radius 3 is 2.93 bits per heavy atom. The highest BCUT2D eigenvalue weighted by Gasteiger charge is 2.18. The minimum Gasteiger partial charge on any atom is -0.314 e. The molecule has 5 heteroatoms. The highest BCUT2D eigenvalue weighted by atomic mass is 79.9. The predicted octanol–water partition coefficient (Wildman–Crippen LogP) is 2.99. The van der Waals surface area contributed by atoms with E-state index < -0.39 is 0 Å². The molecule has 0 spiro atoms. The number of benzene rings is 1. The van der Waals surface area contributed by atoms with Gasteiger partial charge in [-0.05, 0) is 28.1 Å². The third-order valence-corrected chi connectivity index (χ3v) is 3.81. The van der Waals surface area contributed by atoms with Crippen molar-refractivity contribution in [3.05, 3.63) is 28.7 Å². The van der Waals surface area contributed by atoms with E-state index in [1.165, 1.54) is 0 Å². The molecule has 0 aliphatic carbocycles. The van der Waals surface area contributed by atoms with Crippen LogP contribution in [0.3, 0.4) is 0 Å². The monoisotopic (exact) mass is 286 g/mol.